The summed E-state index contributed by atoms with van der Waals surface area (Å²) in [6, 6.07) is 12.0. The van der Waals surface area contributed by atoms with Gasteiger partial charge in [-0.25, -0.2) is 0 Å². The molecular weight excluding hydrogens is 334 g/mol. The molecule has 2 aromatic heterocycles. The molecule has 21 heavy (non-hydrogen) atoms. The zero-order valence-electron chi connectivity index (χ0n) is 10.6. The second kappa shape index (κ2) is 4.78. The van der Waals surface area contributed by atoms with E-state index in [2.05, 4.69) is 36.4 Å². The van der Waals surface area contributed by atoms with E-state index >= 15 is 0 Å². The Morgan fingerprint density at radius 2 is 1.95 bits per heavy atom. The summed E-state index contributed by atoms with van der Waals surface area (Å²) < 4.78 is 8.27. The number of ether oxygens (including phenoxy) is 1. The van der Waals surface area contributed by atoms with Gasteiger partial charge < -0.3 is 4.74 Å². The van der Waals surface area contributed by atoms with E-state index < -0.39 is 0 Å². The predicted octanol–water partition coefficient (Wildman–Crippen LogP) is 3.23. The molecule has 0 radical (unpaired) electrons. The summed E-state index contributed by atoms with van der Waals surface area (Å²) in [5.74, 6) is 1.13. The smallest absolute Gasteiger partial charge is 0.242 e. The number of tetrazole rings is 1. The largest absolute Gasteiger partial charge is 0.436 e. The number of fused-ring (bicyclic) bond motifs is 2. The molecule has 4 aromatic rings. The van der Waals surface area contributed by atoms with E-state index in [0.717, 1.165) is 15.2 Å². The molecular formula is C14H8BrN5O. The van der Waals surface area contributed by atoms with E-state index in [0.29, 0.717) is 17.3 Å². The van der Waals surface area contributed by atoms with Crippen LogP contribution in [0.1, 0.15) is 0 Å². The molecule has 2 aromatic carbocycles. The number of halogens is 1. The van der Waals surface area contributed by atoms with E-state index in [1.54, 1.807) is 12.4 Å². The fourth-order valence-electron chi connectivity index (χ4n) is 2.13. The summed E-state index contributed by atoms with van der Waals surface area (Å²) in [5, 5.41) is 13.5. The number of benzene rings is 2. The Labute approximate surface area is 127 Å². The molecule has 0 saturated heterocycles. The van der Waals surface area contributed by atoms with Gasteiger partial charge in [0, 0.05) is 0 Å². The highest BCUT2D eigenvalue weighted by atomic mass is 79.9. The Morgan fingerprint density at radius 1 is 1.05 bits per heavy atom. The Kier molecular flexibility index (Phi) is 2.78. The Morgan fingerprint density at radius 3 is 2.90 bits per heavy atom. The Balaban J connectivity index is 1.84. The minimum atomic E-state index is 0.452. The van der Waals surface area contributed by atoms with Gasteiger partial charge in [-0.05, 0) is 43.2 Å². The molecule has 0 aliphatic heterocycles. The molecule has 0 N–H and O–H groups in total. The van der Waals surface area contributed by atoms with Crippen molar-refractivity contribution in [3.63, 3.8) is 0 Å². The van der Waals surface area contributed by atoms with Crippen molar-refractivity contribution in [2.75, 3.05) is 0 Å². The number of aromatic nitrogens is 5. The van der Waals surface area contributed by atoms with E-state index in [1.807, 2.05) is 36.4 Å². The van der Waals surface area contributed by atoms with Crippen LogP contribution in [-0.4, -0.2) is 25.0 Å². The van der Waals surface area contributed by atoms with Crippen molar-refractivity contribution >= 4 is 32.3 Å². The average Bonchev–Trinajstić information content (AvgIpc) is 3.00. The van der Waals surface area contributed by atoms with Gasteiger partial charge in [0.1, 0.15) is 5.75 Å². The maximum atomic E-state index is 5.90. The molecule has 2 heterocycles. The fraction of sp³-hybridized carbons (Fsp3) is 0. The van der Waals surface area contributed by atoms with Crippen LogP contribution in [0.25, 0.3) is 16.4 Å². The zero-order chi connectivity index (χ0) is 14.2. The summed E-state index contributed by atoms with van der Waals surface area (Å²) in [7, 11) is 0. The second-order valence-electron chi connectivity index (χ2n) is 4.40. The van der Waals surface area contributed by atoms with Crippen molar-refractivity contribution in [1.82, 2.24) is 25.0 Å². The topological polar surface area (TPSA) is 65.2 Å². The summed E-state index contributed by atoms with van der Waals surface area (Å²) in [5.41, 5.74) is 0.532. The van der Waals surface area contributed by atoms with Crippen LogP contribution in [0.2, 0.25) is 0 Å². The minimum absolute atomic E-state index is 0.452. The maximum Gasteiger partial charge on any atom is 0.242 e. The van der Waals surface area contributed by atoms with Crippen LogP contribution in [0.4, 0.5) is 0 Å². The third-order valence-corrected chi connectivity index (χ3v) is 3.94. The summed E-state index contributed by atoms with van der Waals surface area (Å²) in [6.45, 7) is 0. The molecule has 6 nitrogen and oxygen atoms in total. The van der Waals surface area contributed by atoms with E-state index in [-0.39, 0.29) is 0 Å². The zero-order valence-corrected chi connectivity index (χ0v) is 12.2. The van der Waals surface area contributed by atoms with Gasteiger partial charge in [-0.1, -0.05) is 30.3 Å². The lowest BCUT2D eigenvalue weighted by atomic mass is 10.1. The Hall–Kier alpha value is -2.54. The summed E-state index contributed by atoms with van der Waals surface area (Å²) in [6.07, 6.45) is 3.15. The first-order valence-electron chi connectivity index (χ1n) is 6.20. The molecule has 102 valence electrons. The Bertz CT molecular complexity index is 952. The monoisotopic (exact) mass is 341 g/mol. The lowest BCUT2D eigenvalue weighted by Crippen LogP contribution is -1.97. The van der Waals surface area contributed by atoms with Crippen LogP contribution in [0.15, 0.2) is 53.3 Å². The average molecular weight is 342 g/mol. The van der Waals surface area contributed by atoms with Crippen molar-refractivity contribution in [3.05, 3.63) is 53.3 Å². The fourth-order valence-corrected chi connectivity index (χ4v) is 2.70. The van der Waals surface area contributed by atoms with Gasteiger partial charge in [-0.3, -0.25) is 4.98 Å². The SMILES string of the molecule is Brc1c(Oc2cncc3nnnn23)ccc2ccccc12. The molecule has 0 aliphatic carbocycles. The lowest BCUT2D eigenvalue weighted by Gasteiger charge is -2.09. The number of rotatable bonds is 2. The third-order valence-electron chi connectivity index (χ3n) is 3.12. The van der Waals surface area contributed by atoms with Gasteiger partial charge in [-0.2, -0.15) is 4.52 Å². The van der Waals surface area contributed by atoms with E-state index in [9.17, 15) is 0 Å². The van der Waals surface area contributed by atoms with Gasteiger partial charge in [0.15, 0.2) is 0 Å². The molecule has 0 amide bonds. The van der Waals surface area contributed by atoms with Crippen molar-refractivity contribution in [1.29, 1.82) is 0 Å². The summed E-state index contributed by atoms with van der Waals surface area (Å²) >= 11 is 3.59. The number of hydrogen-bond donors (Lipinski definition) is 0. The molecule has 7 heteroatoms. The molecule has 0 spiro atoms. The first kappa shape index (κ1) is 12.2. The van der Waals surface area contributed by atoms with Gasteiger partial charge >= 0.3 is 0 Å². The van der Waals surface area contributed by atoms with Crippen LogP contribution >= 0.6 is 15.9 Å². The van der Waals surface area contributed by atoms with Crippen molar-refractivity contribution < 1.29 is 4.74 Å². The molecule has 4 rings (SSSR count). The van der Waals surface area contributed by atoms with E-state index in [4.69, 9.17) is 4.74 Å². The van der Waals surface area contributed by atoms with Gasteiger partial charge in [-0.15, -0.1) is 5.10 Å². The highest BCUT2D eigenvalue weighted by Gasteiger charge is 2.10. The highest BCUT2D eigenvalue weighted by molar-refractivity contribution is 9.10. The summed E-state index contributed by atoms with van der Waals surface area (Å²) in [4.78, 5) is 4.07. The molecule has 0 bridgehead atoms. The minimum Gasteiger partial charge on any atom is -0.436 e. The maximum absolute atomic E-state index is 5.90. The standard InChI is InChI=1S/C14H8BrN5O/c15-14-10-4-2-1-3-9(10)5-6-11(14)21-13-8-16-7-12-17-18-19-20(12)13/h1-8H. The lowest BCUT2D eigenvalue weighted by molar-refractivity contribution is 0.440. The van der Waals surface area contributed by atoms with Gasteiger partial charge in [0.2, 0.25) is 11.5 Å². The van der Waals surface area contributed by atoms with Crippen LogP contribution in [0, 0.1) is 0 Å². The molecule has 0 aliphatic rings. The van der Waals surface area contributed by atoms with Crippen LogP contribution in [0.3, 0.4) is 0 Å². The van der Waals surface area contributed by atoms with Gasteiger partial charge in [0.25, 0.3) is 0 Å². The highest BCUT2D eigenvalue weighted by Crippen LogP contribution is 2.35. The van der Waals surface area contributed by atoms with Crippen molar-refractivity contribution in [2.24, 2.45) is 0 Å². The first-order chi connectivity index (χ1) is 10.3. The number of hydrogen-bond acceptors (Lipinski definition) is 5. The quantitative estimate of drug-likeness (QED) is 0.560. The van der Waals surface area contributed by atoms with E-state index in [1.165, 1.54) is 4.52 Å². The normalized spacial score (nSPS) is 11.1. The number of nitrogens with zero attached hydrogens (tertiary/aromatic N) is 5. The van der Waals surface area contributed by atoms with Gasteiger partial charge in [0.05, 0.1) is 16.9 Å². The van der Waals surface area contributed by atoms with Crippen LogP contribution < -0.4 is 4.74 Å². The predicted molar refractivity (Wildman–Crippen MR) is 80.3 cm³/mol. The third kappa shape index (κ3) is 2.02. The van der Waals surface area contributed by atoms with Crippen molar-refractivity contribution in [3.8, 4) is 11.6 Å². The second-order valence-corrected chi connectivity index (χ2v) is 5.19. The first-order valence-corrected chi connectivity index (χ1v) is 6.99. The molecule has 0 atom stereocenters. The van der Waals surface area contributed by atoms with Crippen molar-refractivity contribution in [2.45, 2.75) is 0 Å². The molecule has 0 unspecified atom stereocenters. The molecule has 0 saturated carbocycles. The molecule has 0 fully saturated rings. The van der Waals surface area contributed by atoms with Crippen LogP contribution in [-0.2, 0) is 0 Å². The van der Waals surface area contributed by atoms with Crippen LogP contribution in [0.5, 0.6) is 11.6 Å².